The van der Waals surface area contributed by atoms with Crippen molar-refractivity contribution in [2.45, 2.75) is 20.3 Å². The SMILES string of the molecule is CC(C)CCNc1cc(-c2ccccc2)nc(NCCN2CCOCC2)n1. The molecule has 0 saturated carbocycles. The summed E-state index contributed by atoms with van der Waals surface area (Å²) in [6, 6.07) is 12.3. The van der Waals surface area contributed by atoms with Crippen LogP contribution in [0.3, 0.4) is 0 Å². The molecule has 1 aromatic carbocycles. The van der Waals surface area contributed by atoms with Crippen molar-refractivity contribution in [2.75, 3.05) is 56.6 Å². The summed E-state index contributed by atoms with van der Waals surface area (Å²) in [5, 5.41) is 6.85. The van der Waals surface area contributed by atoms with Crippen LogP contribution < -0.4 is 10.6 Å². The smallest absolute Gasteiger partial charge is 0.225 e. The third kappa shape index (κ3) is 6.48. The van der Waals surface area contributed by atoms with Crippen molar-refractivity contribution in [3.8, 4) is 11.3 Å². The van der Waals surface area contributed by atoms with Crippen molar-refractivity contribution in [1.29, 1.82) is 0 Å². The molecule has 146 valence electrons. The van der Waals surface area contributed by atoms with Crippen molar-refractivity contribution in [3.05, 3.63) is 36.4 Å². The van der Waals surface area contributed by atoms with E-state index in [0.29, 0.717) is 11.9 Å². The molecule has 0 aliphatic carbocycles. The van der Waals surface area contributed by atoms with Gasteiger partial charge in [0.25, 0.3) is 0 Å². The lowest BCUT2D eigenvalue weighted by Crippen LogP contribution is -2.39. The van der Waals surface area contributed by atoms with E-state index in [1.165, 1.54) is 0 Å². The van der Waals surface area contributed by atoms with Gasteiger partial charge in [0.15, 0.2) is 0 Å². The molecule has 2 heterocycles. The van der Waals surface area contributed by atoms with Crippen molar-refractivity contribution < 1.29 is 4.74 Å². The molecule has 27 heavy (non-hydrogen) atoms. The summed E-state index contributed by atoms with van der Waals surface area (Å²) in [6.07, 6.45) is 1.12. The largest absolute Gasteiger partial charge is 0.379 e. The Bertz CT molecular complexity index is 686. The second-order valence-corrected chi connectivity index (χ2v) is 7.32. The molecule has 1 aliphatic rings. The van der Waals surface area contributed by atoms with Crippen molar-refractivity contribution >= 4 is 11.8 Å². The molecule has 3 rings (SSSR count). The molecule has 2 N–H and O–H groups in total. The number of benzene rings is 1. The first-order valence-corrected chi connectivity index (χ1v) is 9.93. The highest BCUT2D eigenvalue weighted by atomic mass is 16.5. The summed E-state index contributed by atoms with van der Waals surface area (Å²) >= 11 is 0. The Kier molecular flexibility index (Phi) is 7.42. The van der Waals surface area contributed by atoms with Gasteiger partial charge < -0.3 is 15.4 Å². The Morgan fingerprint density at radius 3 is 2.56 bits per heavy atom. The van der Waals surface area contributed by atoms with E-state index in [9.17, 15) is 0 Å². The fourth-order valence-corrected chi connectivity index (χ4v) is 3.01. The molecule has 6 nitrogen and oxygen atoms in total. The minimum Gasteiger partial charge on any atom is -0.379 e. The van der Waals surface area contributed by atoms with Crippen molar-refractivity contribution in [3.63, 3.8) is 0 Å². The van der Waals surface area contributed by atoms with E-state index in [0.717, 1.165) is 69.4 Å². The molecule has 0 unspecified atom stereocenters. The Morgan fingerprint density at radius 1 is 1.04 bits per heavy atom. The lowest BCUT2D eigenvalue weighted by molar-refractivity contribution is 0.0398. The van der Waals surface area contributed by atoms with Crippen molar-refractivity contribution in [1.82, 2.24) is 14.9 Å². The van der Waals surface area contributed by atoms with Crippen LogP contribution in [-0.4, -0.2) is 60.8 Å². The van der Waals surface area contributed by atoms with Gasteiger partial charge in [-0.3, -0.25) is 4.90 Å². The number of rotatable bonds is 9. The van der Waals surface area contributed by atoms with E-state index in [4.69, 9.17) is 9.72 Å². The quantitative estimate of drug-likeness (QED) is 0.707. The normalized spacial score (nSPS) is 15.1. The summed E-state index contributed by atoms with van der Waals surface area (Å²) in [7, 11) is 0. The Hall–Kier alpha value is -2.18. The maximum atomic E-state index is 5.40. The summed E-state index contributed by atoms with van der Waals surface area (Å²) < 4.78 is 5.40. The lowest BCUT2D eigenvalue weighted by Gasteiger charge is -2.26. The van der Waals surface area contributed by atoms with E-state index < -0.39 is 0 Å². The minimum absolute atomic E-state index is 0.666. The zero-order valence-corrected chi connectivity index (χ0v) is 16.4. The molecule has 6 heteroatoms. The number of morpholine rings is 1. The number of ether oxygens (including phenoxy) is 1. The number of hydrogen-bond acceptors (Lipinski definition) is 6. The fourth-order valence-electron chi connectivity index (χ4n) is 3.01. The Morgan fingerprint density at radius 2 is 1.81 bits per heavy atom. The lowest BCUT2D eigenvalue weighted by atomic mass is 10.1. The van der Waals surface area contributed by atoms with Crippen LogP contribution in [0.4, 0.5) is 11.8 Å². The molecule has 0 bridgehead atoms. The maximum absolute atomic E-state index is 5.40. The highest BCUT2D eigenvalue weighted by Crippen LogP contribution is 2.21. The van der Waals surface area contributed by atoms with E-state index in [1.54, 1.807) is 0 Å². The van der Waals surface area contributed by atoms with Gasteiger partial charge in [-0.25, -0.2) is 4.98 Å². The zero-order valence-electron chi connectivity index (χ0n) is 16.4. The molecule has 1 saturated heterocycles. The summed E-state index contributed by atoms with van der Waals surface area (Å²) in [6.45, 7) is 10.8. The van der Waals surface area contributed by atoms with Crippen molar-refractivity contribution in [2.24, 2.45) is 5.92 Å². The number of nitrogens with zero attached hydrogens (tertiary/aromatic N) is 3. The van der Waals surface area contributed by atoms with Gasteiger partial charge in [0.1, 0.15) is 5.82 Å². The second-order valence-electron chi connectivity index (χ2n) is 7.32. The Labute approximate surface area is 162 Å². The fraction of sp³-hybridized carbons (Fsp3) is 0.524. The van der Waals surface area contributed by atoms with Crippen LogP contribution >= 0.6 is 0 Å². The van der Waals surface area contributed by atoms with Crippen LogP contribution in [0, 0.1) is 5.92 Å². The van der Waals surface area contributed by atoms with Gasteiger partial charge in [0, 0.05) is 44.4 Å². The number of aromatic nitrogens is 2. The molecule has 1 aromatic heterocycles. The van der Waals surface area contributed by atoms with Gasteiger partial charge in [0.2, 0.25) is 5.95 Å². The first-order valence-electron chi connectivity index (χ1n) is 9.93. The summed E-state index contributed by atoms with van der Waals surface area (Å²) in [4.78, 5) is 11.8. The molecule has 2 aromatic rings. The molecule has 0 amide bonds. The molecule has 1 fully saturated rings. The molecule has 0 atom stereocenters. The first kappa shape index (κ1) is 19.6. The second kappa shape index (κ2) is 10.2. The molecule has 0 radical (unpaired) electrons. The average Bonchev–Trinajstić information content (AvgIpc) is 2.69. The highest BCUT2D eigenvalue weighted by molar-refractivity contribution is 5.64. The van der Waals surface area contributed by atoms with E-state index >= 15 is 0 Å². The van der Waals surface area contributed by atoms with Gasteiger partial charge in [-0.1, -0.05) is 44.2 Å². The van der Waals surface area contributed by atoms with Crippen LogP contribution in [-0.2, 0) is 4.74 Å². The Balaban J connectivity index is 1.66. The minimum atomic E-state index is 0.666. The van der Waals surface area contributed by atoms with Crippen LogP contribution in [0.15, 0.2) is 36.4 Å². The highest BCUT2D eigenvalue weighted by Gasteiger charge is 2.11. The maximum Gasteiger partial charge on any atom is 0.225 e. The van der Waals surface area contributed by atoms with Gasteiger partial charge in [0.05, 0.1) is 18.9 Å². The predicted molar refractivity (Wildman–Crippen MR) is 111 cm³/mol. The van der Waals surface area contributed by atoms with Crippen LogP contribution in [0.25, 0.3) is 11.3 Å². The first-order chi connectivity index (χ1) is 13.2. The number of nitrogens with one attached hydrogen (secondary N) is 2. The third-order valence-electron chi connectivity index (χ3n) is 4.64. The van der Waals surface area contributed by atoms with Gasteiger partial charge >= 0.3 is 0 Å². The van der Waals surface area contributed by atoms with Crippen LogP contribution in [0.5, 0.6) is 0 Å². The third-order valence-corrected chi connectivity index (χ3v) is 4.64. The molecule has 0 spiro atoms. The van der Waals surface area contributed by atoms with E-state index in [1.807, 2.05) is 24.3 Å². The van der Waals surface area contributed by atoms with E-state index in [2.05, 4.69) is 46.5 Å². The average molecular weight is 370 g/mol. The molecular weight excluding hydrogens is 338 g/mol. The van der Waals surface area contributed by atoms with Crippen LogP contribution in [0.1, 0.15) is 20.3 Å². The monoisotopic (exact) mass is 369 g/mol. The summed E-state index contributed by atoms with van der Waals surface area (Å²) in [5.74, 6) is 2.22. The van der Waals surface area contributed by atoms with E-state index in [-0.39, 0.29) is 0 Å². The standard InChI is InChI=1S/C21H31N5O/c1-17(2)8-9-22-20-16-19(18-6-4-3-5-7-18)24-21(25-20)23-10-11-26-12-14-27-15-13-26/h3-7,16-17H,8-15H2,1-2H3,(H2,22,23,24,25). The predicted octanol–water partition coefficient (Wildman–Crippen LogP) is 3.35. The van der Waals surface area contributed by atoms with Crippen LogP contribution in [0.2, 0.25) is 0 Å². The van der Waals surface area contributed by atoms with Gasteiger partial charge in [-0.2, -0.15) is 4.98 Å². The van der Waals surface area contributed by atoms with Gasteiger partial charge in [-0.05, 0) is 12.3 Å². The number of hydrogen-bond donors (Lipinski definition) is 2. The summed E-state index contributed by atoms with van der Waals surface area (Å²) in [5.41, 5.74) is 2.04. The zero-order chi connectivity index (χ0) is 18.9. The topological polar surface area (TPSA) is 62.3 Å². The van der Waals surface area contributed by atoms with Gasteiger partial charge in [-0.15, -0.1) is 0 Å². The number of anilines is 2. The molecular formula is C21H31N5O. The molecule has 1 aliphatic heterocycles.